The highest BCUT2D eigenvalue weighted by molar-refractivity contribution is 6.31. The number of halogens is 1. The number of hydrogen-bond donors (Lipinski definition) is 1. The topological polar surface area (TPSA) is 41.6 Å². The van der Waals surface area contributed by atoms with Gasteiger partial charge in [-0.3, -0.25) is 9.69 Å². The highest BCUT2D eigenvalue weighted by Gasteiger charge is 2.11. The minimum absolute atomic E-state index is 0.0468. The van der Waals surface area contributed by atoms with E-state index in [4.69, 9.17) is 16.3 Å². The van der Waals surface area contributed by atoms with Gasteiger partial charge in [0.2, 0.25) is 0 Å². The van der Waals surface area contributed by atoms with Crippen molar-refractivity contribution in [2.24, 2.45) is 0 Å². The van der Waals surface area contributed by atoms with Crippen molar-refractivity contribution in [3.63, 3.8) is 0 Å². The van der Waals surface area contributed by atoms with Crippen molar-refractivity contribution in [2.75, 3.05) is 44.7 Å². The first kappa shape index (κ1) is 14.3. The number of ether oxygens (including phenoxy) is 1. The van der Waals surface area contributed by atoms with Crippen molar-refractivity contribution in [1.82, 2.24) is 4.90 Å². The highest BCUT2D eigenvalue weighted by Crippen LogP contribution is 2.21. The van der Waals surface area contributed by atoms with Gasteiger partial charge in [0.25, 0.3) is 0 Å². The number of anilines is 1. The SMILES string of the molecule is CC(=O)c1ccc(Cl)cc1NCCN1CCOCC1. The summed E-state index contributed by atoms with van der Waals surface area (Å²) in [7, 11) is 0. The number of ketones is 1. The summed E-state index contributed by atoms with van der Waals surface area (Å²) in [5, 5.41) is 3.93. The zero-order valence-corrected chi connectivity index (χ0v) is 11.9. The Labute approximate surface area is 118 Å². The quantitative estimate of drug-likeness (QED) is 0.842. The number of carbonyl (C=O) groups excluding carboxylic acids is 1. The molecule has 0 atom stereocenters. The second kappa shape index (κ2) is 6.89. The Kier molecular flexibility index (Phi) is 5.19. The predicted octanol–water partition coefficient (Wildman–Crippen LogP) is 2.29. The number of rotatable bonds is 5. The van der Waals surface area contributed by atoms with Crippen LogP contribution in [0.5, 0.6) is 0 Å². The van der Waals surface area contributed by atoms with Gasteiger partial charge in [-0.25, -0.2) is 0 Å². The normalized spacial score (nSPS) is 16.3. The van der Waals surface area contributed by atoms with Gasteiger partial charge in [-0.2, -0.15) is 0 Å². The molecule has 0 bridgehead atoms. The van der Waals surface area contributed by atoms with Crippen LogP contribution in [-0.4, -0.2) is 50.1 Å². The van der Waals surface area contributed by atoms with Gasteiger partial charge in [0.1, 0.15) is 0 Å². The molecule has 104 valence electrons. The average molecular weight is 283 g/mol. The molecule has 2 rings (SSSR count). The summed E-state index contributed by atoms with van der Waals surface area (Å²) in [4.78, 5) is 13.9. The highest BCUT2D eigenvalue weighted by atomic mass is 35.5. The molecule has 0 unspecified atom stereocenters. The molecule has 4 nitrogen and oxygen atoms in total. The Morgan fingerprint density at radius 3 is 2.84 bits per heavy atom. The molecule has 0 saturated carbocycles. The zero-order chi connectivity index (χ0) is 13.7. The maximum atomic E-state index is 11.5. The second-order valence-electron chi connectivity index (χ2n) is 4.63. The molecular formula is C14H19ClN2O2. The van der Waals surface area contributed by atoms with Gasteiger partial charge < -0.3 is 10.1 Å². The standard InChI is InChI=1S/C14H19ClN2O2/c1-11(18)13-3-2-12(15)10-14(13)16-4-5-17-6-8-19-9-7-17/h2-3,10,16H,4-9H2,1H3. The summed E-state index contributed by atoms with van der Waals surface area (Å²) < 4.78 is 5.31. The van der Waals surface area contributed by atoms with E-state index in [1.165, 1.54) is 0 Å². The lowest BCUT2D eigenvalue weighted by molar-refractivity contribution is 0.0398. The van der Waals surface area contributed by atoms with E-state index in [1.54, 1.807) is 25.1 Å². The number of Topliss-reactive ketones (excluding diaryl/α,β-unsaturated/α-hetero) is 1. The average Bonchev–Trinajstić information content (AvgIpc) is 2.39. The Bertz CT molecular complexity index is 445. The molecule has 0 aromatic heterocycles. The third kappa shape index (κ3) is 4.20. The van der Waals surface area contributed by atoms with Gasteiger partial charge in [0.05, 0.1) is 13.2 Å². The molecule has 0 amide bonds. The minimum atomic E-state index is 0.0468. The molecule has 0 spiro atoms. The van der Waals surface area contributed by atoms with Crippen LogP contribution >= 0.6 is 11.6 Å². The summed E-state index contributed by atoms with van der Waals surface area (Å²) >= 11 is 5.97. The molecule has 1 heterocycles. The van der Waals surface area contributed by atoms with Crippen molar-refractivity contribution in [2.45, 2.75) is 6.92 Å². The van der Waals surface area contributed by atoms with E-state index in [2.05, 4.69) is 10.2 Å². The van der Waals surface area contributed by atoms with E-state index in [0.29, 0.717) is 10.6 Å². The predicted molar refractivity (Wildman–Crippen MR) is 77.2 cm³/mol. The summed E-state index contributed by atoms with van der Waals surface area (Å²) in [5.74, 6) is 0.0468. The van der Waals surface area contributed by atoms with Gasteiger partial charge in [-0.1, -0.05) is 11.6 Å². The molecule has 1 aromatic rings. The van der Waals surface area contributed by atoms with E-state index in [-0.39, 0.29) is 5.78 Å². The lowest BCUT2D eigenvalue weighted by atomic mass is 10.1. The third-order valence-electron chi connectivity index (χ3n) is 3.21. The number of nitrogens with zero attached hydrogens (tertiary/aromatic N) is 1. The van der Waals surface area contributed by atoms with Gasteiger partial charge in [0.15, 0.2) is 5.78 Å². The molecule has 1 N–H and O–H groups in total. The van der Waals surface area contributed by atoms with Gasteiger partial charge in [-0.05, 0) is 25.1 Å². The fourth-order valence-electron chi connectivity index (χ4n) is 2.14. The first-order valence-electron chi connectivity index (χ1n) is 6.51. The maximum Gasteiger partial charge on any atom is 0.161 e. The van der Waals surface area contributed by atoms with Crippen molar-refractivity contribution in [3.8, 4) is 0 Å². The summed E-state index contributed by atoms with van der Waals surface area (Å²) in [6.45, 7) is 6.84. The Morgan fingerprint density at radius 1 is 1.42 bits per heavy atom. The molecule has 0 aliphatic carbocycles. The zero-order valence-electron chi connectivity index (χ0n) is 11.1. The Balaban J connectivity index is 1.91. The minimum Gasteiger partial charge on any atom is -0.383 e. The van der Waals surface area contributed by atoms with Crippen LogP contribution in [0.1, 0.15) is 17.3 Å². The molecule has 19 heavy (non-hydrogen) atoms. The van der Waals surface area contributed by atoms with Crippen LogP contribution in [0, 0.1) is 0 Å². The number of nitrogens with one attached hydrogen (secondary N) is 1. The van der Waals surface area contributed by atoms with Crippen LogP contribution in [0.15, 0.2) is 18.2 Å². The van der Waals surface area contributed by atoms with Crippen LogP contribution < -0.4 is 5.32 Å². The molecular weight excluding hydrogens is 264 g/mol. The van der Waals surface area contributed by atoms with Crippen molar-refractivity contribution >= 4 is 23.1 Å². The largest absolute Gasteiger partial charge is 0.383 e. The summed E-state index contributed by atoms with van der Waals surface area (Å²) in [5.41, 5.74) is 1.50. The van der Waals surface area contributed by atoms with E-state index in [0.717, 1.165) is 45.1 Å². The van der Waals surface area contributed by atoms with E-state index >= 15 is 0 Å². The van der Waals surface area contributed by atoms with Crippen LogP contribution in [0.25, 0.3) is 0 Å². The first-order valence-corrected chi connectivity index (χ1v) is 6.89. The number of benzene rings is 1. The van der Waals surface area contributed by atoms with Crippen LogP contribution in [0.2, 0.25) is 5.02 Å². The molecule has 1 fully saturated rings. The van der Waals surface area contributed by atoms with Gasteiger partial charge >= 0.3 is 0 Å². The summed E-state index contributed by atoms with van der Waals surface area (Å²) in [6, 6.07) is 5.31. The smallest absolute Gasteiger partial charge is 0.161 e. The lowest BCUT2D eigenvalue weighted by Gasteiger charge is -2.26. The third-order valence-corrected chi connectivity index (χ3v) is 3.44. The number of morpholine rings is 1. The number of carbonyl (C=O) groups is 1. The molecule has 1 aromatic carbocycles. The Morgan fingerprint density at radius 2 is 2.16 bits per heavy atom. The van der Waals surface area contributed by atoms with E-state index in [1.807, 2.05) is 0 Å². The molecule has 1 saturated heterocycles. The van der Waals surface area contributed by atoms with Crippen LogP contribution in [0.4, 0.5) is 5.69 Å². The van der Waals surface area contributed by atoms with Crippen LogP contribution in [0.3, 0.4) is 0 Å². The fraction of sp³-hybridized carbons (Fsp3) is 0.500. The van der Waals surface area contributed by atoms with Crippen LogP contribution in [-0.2, 0) is 4.74 Å². The van der Waals surface area contributed by atoms with E-state index in [9.17, 15) is 4.79 Å². The fourth-order valence-corrected chi connectivity index (χ4v) is 2.32. The van der Waals surface area contributed by atoms with Gasteiger partial charge in [-0.15, -0.1) is 0 Å². The molecule has 0 radical (unpaired) electrons. The molecule has 1 aliphatic heterocycles. The lowest BCUT2D eigenvalue weighted by Crippen LogP contribution is -2.39. The van der Waals surface area contributed by atoms with E-state index < -0.39 is 0 Å². The summed E-state index contributed by atoms with van der Waals surface area (Å²) in [6.07, 6.45) is 0. The van der Waals surface area contributed by atoms with Crippen molar-refractivity contribution in [1.29, 1.82) is 0 Å². The van der Waals surface area contributed by atoms with Crippen molar-refractivity contribution in [3.05, 3.63) is 28.8 Å². The molecule has 1 aliphatic rings. The second-order valence-corrected chi connectivity index (χ2v) is 5.06. The monoisotopic (exact) mass is 282 g/mol. The number of hydrogen-bond acceptors (Lipinski definition) is 4. The first-order chi connectivity index (χ1) is 9.16. The maximum absolute atomic E-state index is 11.5. The molecule has 5 heteroatoms. The Hall–Kier alpha value is -1.10. The van der Waals surface area contributed by atoms with Crippen molar-refractivity contribution < 1.29 is 9.53 Å². The van der Waals surface area contributed by atoms with Gasteiger partial charge in [0, 0.05) is 42.5 Å².